The number of nitrogens with one attached hydrogen (secondary N) is 1. The van der Waals surface area contributed by atoms with Gasteiger partial charge in [0, 0.05) is 12.4 Å². The molecule has 3 rings (SSSR count). The smallest absolute Gasteiger partial charge is 0.337 e. The fourth-order valence-electron chi connectivity index (χ4n) is 2.17. The molecule has 0 saturated carbocycles. The van der Waals surface area contributed by atoms with Crippen molar-refractivity contribution in [2.75, 3.05) is 0 Å². The lowest BCUT2D eigenvalue weighted by molar-refractivity contribution is 0.0696. The maximum absolute atomic E-state index is 13.7. The SMILES string of the molecule is N#Cc1ccc(-c2c[nH]n(-c3ccc(C(=O)O)cn3)c2=O)cc1F. The van der Waals surface area contributed by atoms with Crippen LogP contribution in [0.25, 0.3) is 16.9 Å². The first-order valence-electron chi connectivity index (χ1n) is 6.71. The maximum Gasteiger partial charge on any atom is 0.337 e. The van der Waals surface area contributed by atoms with E-state index in [4.69, 9.17) is 10.4 Å². The van der Waals surface area contributed by atoms with Gasteiger partial charge in [0.2, 0.25) is 0 Å². The van der Waals surface area contributed by atoms with Crippen LogP contribution in [0.5, 0.6) is 0 Å². The highest BCUT2D eigenvalue weighted by Gasteiger charge is 2.13. The summed E-state index contributed by atoms with van der Waals surface area (Å²) in [6.07, 6.45) is 2.52. The Morgan fingerprint density at radius 1 is 1.33 bits per heavy atom. The van der Waals surface area contributed by atoms with Crippen molar-refractivity contribution in [1.82, 2.24) is 14.8 Å². The largest absolute Gasteiger partial charge is 0.478 e. The Morgan fingerprint density at radius 2 is 2.12 bits per heavy atom. The van der Waals surface area contributed by atoms with Gasteiger partial charge in [0.25, 0.3) is 5.56 Å². The summed E-state index contributed by atoms with van der Waals surface area (Å²) in [6.45, 7) is 0. The minimum atomic E-state index is -1.12. The number of benzene rings is 1. The van der Waals surface area contributed by atoms with Crippen LogP contribution >= 0.6 is 0 Å². The van der Waals surface area contributed by atoms with Crippen LogP contribution in [0, 0.1) is 17.1 Å². The highest BCUT2D eigenvalue weighted by Crippen LogP contribution is 2.19. The Balaban J connectivity index is 2.03. The van der Waals surface area contributed by atoms with Crippen molar-refractivity contribution in [3.05, 3.63) is 70.0 Å². The van der Waals surface area contributed by atoms with Gasteiger partial charge in [-0.15, -0.1) is 0 Å². The average molecular weight is 324 g/mol. The first kappa shape index (κ1) is 15.2. The van der Waals surface area contributed by atoms with Gasteiger partial charge in [0.15, 0.2) is 5.82 Å². The van der Waals surface area contributed by atoms with E-state index in [1.54, 1.807) is 6.07 Å². The monoisotopic (exact) mass is 324 g/mol. The minimum Gasteiger partial charge on any atom is -0.478 e. The summed E-state index contributed by atoms with van der Waals surface area (Å²) in [6, 6.07) is 8.28. The highest BCUT2D eigenvalue weighted by atomic mass is 19.1. The zero-order valence-corrected chi connectivity index (χ0v) is 12.0. The molecule has 0 atom stereocenters. The van der Waals surface area contributed by atoms with Crippen molar-refractivity contribution in [1.29, 1.82) is 5.26 Å². The van der Waals surface area contributed by atoms with E-state index < -0.39 is 17.3 Å². The average Bonchev–Trinajstić information content (AvgIpc) is 2.96. The second-order valence-corrected chi connectivity index (χ2v) is 4.84. The van der Waals surface area contributed by atoms with E-state index in [1.807, 2.05) is 0 Å². The molecule has 0 aliphatic heterocycles. The molecule has 2 aromatic heterocycles. The summed E-state index contributed by atoms with van der Waals surface area (Å²) < 4.78 is 14.8. The molecule has 8 heteroatoms. The molecule has 0 saturated heterocycles. The first-order valence-corrected chi connectivity index (χ1v) is 6.71. The molecule has 0 bridgehead atoms. The molecule has 7 nitrogen and oxygen atoms in total. The van der Waals surface area contributed by atoms with Crippen molar-refractivity contribution in [3.8, 4) is 23.0 Å². The Morgan fingerprint density at radius 3 is 2.71 bits per heavy atom. The van der Waals surface area contributed by atoms with Crippen LogP contribution in [0.4, 0.5) is 4.39 Å². The van der Waals surface area contributed by atoms with Gasteiger partial charge in [-0.25, -0.2) is 18.9 Å². The third-order valence-corrected chi connectivity index (χ3v) is 3.40. The lowest BCUT2D eigenvalue weighted by atomic mass is 10.1. The van der Waals surface area contributed by atoms with E-state index >= 15 is 0 Å². The van der Waals surface area contributed by atoms with Gasteiger partial charge in [0.1, 0.15) is 11.9 Å². The van der Waals surface area contributed by atoms with Crippen molar-refractivity contribution in [2.45, 2.75) is 0 Å². The van der Waals surface area contributed by atoms with Gasteiger partial charge in [0.05, 0.1) is 16.7 Å². The van der Waals surface area contributed by atoms with Crippen molar-refractivity contribution >= 4 is 5.97 Å². The zero-order chi connectivity index (χ0) is 17.3. The lowest BCUT2D eigenvalue weighted by Crippen LogP contribution is -2.17. The fourth-order valence-corrected chi connectivity index (χ4v) is 2.17. The number of aromatic amines is 1. The molecular weight excluding hydrogens is 315 g/mol. The summed E-state index contributed by atoms with van der Waals surface area (Å²) in [5, 5.41) is 20.3. The predicted octanol–water partition coefficient (Wildman–Crippen LogP) is 1.94. The predicted molar refractivity (Wildman–Crippen MR) is 81.3 cm³/mol. The molecule has 1 aromatic carbocycles. The standard InChI is InChI=1S/C16H9FN4O3/c17-13-5-9(1-2-10(13)6-18)12-8-20-21(15(12)22)14-4-3-11(7-19-14)16(23)24/h1-5,7-8,20H,(H,23,24). The zero-order valence-electron chi connectivity index (χ0n) is 12.0. The molecule has 3 aromatic rings. The van der Waals surface area contributed by atoms with Crippen LogP contribution in [0.3, 0.4) is 0 Å². The Labute approximate surface area is 134 Å². The van der Waals surface area contributed by atoms with Crippen molar-refractivity contribution in [3.63, 3.8) is 0 Å². The number of carboxylic acid groups (broad SMARTS) is 1. The molecule has 0 radical (unpaired) electrons. The molecular formula is C16H9FN4O3. The molecule has 0 aliphatic carbocycles. The second kappa shape index (κ2) is 5.81. The van der Waals surface area contributed by atoms with E-state index in [1.165, 1.54) is 30.5 Å². The molecule has 0 aliphatic rings. The lowest BCUT2D eigenvalue weighted by Gasteiger charge is -2.01. The van der Waals surface area contributed by atoms with Crippen LogP contribution < -0.4 is 5.56 Å². The van der Waals surface area contributed by atoms with Gasteiger partial charge >= 0.3 is 5.97 Å². The summed E-state index contributed by atoms with van der Waals surface area (Å²) in [5.74, 6) is -1.64. The van der Waals surface area contributed by atoms with E-state index in [0.29, 0.717) is 5.56 Å². The quantitative estimate of drug-likeness (QED) is 0.764. The van der Waals surface area contributed by atoms with Crippen LogP contribution in [0.1, 0.15) is 15.9 Å². The molecule has 0 amide bonds. The summed E-state index contributed by atoms with van der Waals surface area (Å²) in [7, 11) is 0. The van der Waals surface area contributed by atoms with Crippen molar-refractivity contribution < 1.29 is 14.3 Å². The number of carboxylic acids is 1. The number of nitrogens with zero attached hydrogens (tertiary/aromatic N) is 3. The molecule has 2 N–H and O–H groups in total. The first-order chi connectivity index (χ1) is 11.5. The van der Waals surface area contributed by atoms with Gasteiger partial charge in [-0.3, -0.25) is 9.89 Å². The maximum atomic E-state index is 13.7. The van der Waals surface area contributed by atoms with Gasteiger partial charge in [-0.1, -0.05) is 6.07 Å². The molecule has 0 fully saturated rings. The second-order valence-electron chi connectivity index (χ2n) is 4.84. The number of aromatic carboxylic acids is 1. The number of carbonyl (C=O) groups is 1. The highest BCUT2D eigenvalue weighted by molar-refractivity contribution is 5.87. The summed E-state index contributed by atoms with van der Waals surface area (Å²) in [4.78, 5) is 27.2. The number of hydrogen-bond acceptors (Lipinski definition) is 4. The van der Waals surface area contributed by atoms with E-state index in [9.17, 15) is 14.0 Å². The van der Waals surface area contributed by atoms with Crippen LogP contribution in [0.15, 0.2) is 47.5 Å². The number of aromatic nitrogens is 3. The van der Waals surface area contributed by atoms with Crippen molar-refractivity contribution in [2.24, 2.45) is 0 Å². The number of H-pyrrole nitrogens is 1. The number of hydrogen-bond donors (Lipinski definition) is 2. The number of rotatable bonds is 3. The van der Waals surface area contributed by atoms with Gasteiger partial charge in [-0.2, -0.15) is 5.26 Å². The number of nitriles is 1. The topological polar surface area (TPSA) is 112 Å². The molecule has 0 unspecified atom stereocenters. The fraction of sp³-hybridized carbons (Fsp3) is 0. The normalized spacial score (nSPS) is 10.3. The Bertz CT molecular complexity index is 1030. The van der Waals surface area contributed by atoms with E-state index in [-0.39, 0.29) is 22.5 Å². The Kier molecular flexibility index (Phi) is 3.67. The number of halogens is 1. The van der Waals surface area contributed by atoms with E-state index in [0.717, 1.165) is 16.9 Å². The third kappa shape index (κ3) is 2.55. The molecule has 24 heavy (non-hydrogen) atoms. The van der Waals surface area contributed by atoms with E-state index in [2.05, 4.69) is 10.1 Å². The van der Waals surface area contributed by atoms with Crippen LogP contribution in [-0.4, -0.2) is 25.8 Å². The summed E-state index contributed by atoms with van der Waals surface area (Å²) >= 11 is 0. The Hall–Kier alpha value is -3.73. The third-order valence-electron chi connectivity index (χ3n) is 3.40. The minimum absolute atomic E-state index is 0.00672. The molecule has 0 spiro atoms. The van der Waals surface area contributed by atoms with Gasteiger partial charge in [-0.05, 0) is 29.8 Å². The van der Waals surface area contributed by atoms with Crippen LogP contribution in [0.2, 0.25) is 0 Å². The number of pyridine rings is 1. The molecule has 2 heterocycles. The molecule has 118 valence electrons. The summed E-state index contributed by atoms with van der Waals surface area (Å²) in [5.41, 5.74) is -0.0841. The van der Waals surface area contributed by atoms with Crippen LogP contribution in [-0.2, 0) is 0 Å². The van der Waals surface area contributed by atoms with Gasteiger partial charge < -0.3 is 5.11 Å².